The molecule has 2 aromatic heterocycles. The fourth-order valence-electron chi connectivity index (χ4n) is 3.02. The van der Waals surface area contributed by atoms with Crippen LogP contribution in [0.2, 0.25) is 10.0 Å². The van der Waals surface area contributed by atoms with Crippen molar-refractivity contribution in [3.8, 4) is 5.69 Å². The topological polar surface area (TPSA) is 88.5 Å². The Morgan fingerprint density at radius 3 is 2.93 bits per heavy atom. The average molecular weight is 461 g/mol. The van der Waals surface area contributed by atoms with E-state index in [1.165, 1.54) is 11.8 Å². The van der Waals surface area contributed by atoms with Gasteiger partial charge in [0.15, 0.2) is 0 Å². The molecule has 1 amide bonds. The summed E-state index contributed by atoms with van der Waals surface area (Å²) in [4.78, 5) is 15.5. The molecule has 0 unspecified atom stereocenters. The predicted octanol–water partition coefficient (Wildman–Crippen LogP) is 4.21. The van der Waals surface area contributed by atoms with Crippen molar-refractivity contribution in [2.45, 2.75) is 18.5 Å². The number of amides is 1. The van der Waals surface area contributed by atoms with E-state index in [1.807, 2.05) is 43.5 Å². The molecule has 4 rings (SSSR count). The molecule has 4 aromatic rings. The minimum atomic E-state index is -0.0886. The Morgan fingerprint density at radius 2 is 2.10 bits per heavy atom. The van der Waals surface area contributed by atoms with Gasteiger partial charge < -0.3 is 10.3 Å². The van der Waals surface area contributed by atoms with E-state index in [1.54, 1.807) is 10.7 Å². The number of carbonyl (C=O) groups is 1. The van der Waals surface area contributed by atoms with Gasteiger partial charge in [-0.15, -0.1) is 5.10 Å². The molecule has 10 heteroatoms. The van der Waals surface area contributed by atoms with Gasteiger partial charge in [-0.2, -0.15) is 4.68 Å². The number of H-pyrrole nitrogens is 1. The van der Waals surface area contributed by atoms with Crippen LogP contribution in [0.15, 0.2) is 47.8 Å². The number of aromatic amines is 1. The number of thioether (sulfide) groups is 1. The van der Waals surface area contributed by atoms with E-state index in [9.17, 15) is 4.79 Å². The van der Waals surface area contributed by atoms with Gasteiger partial charge in [-0.05, 0) is 65.2 Å². The highest BCUT2D eigenvalue weighted by atomic mass is 35.5. The van der Waals surface area contributed by atoms with Gasteiger partial charge in [-0.1, -0.05) is 41.0 Å². The van der Waals surface area contributed by atoms with E-state index >= 15 is 0 Å². The lowest BCUT2D eigenvalue weighted by Crippen LogP contribution is -2.27. The first-order valence-corrected chi connectivity index (χ1v) is 11.0. The average Bonchev–Trinajstić information content (AvgIpc) is 3.35. The largest absolute Gasteiger partial charge is 0.361 e. The molecule has 0 atom stereocenters. The van der Waals surface area contributed by atoms with Gasteiger partial charge in [0.1, 0.15) is 0 Å². The monoisotopic (exact) mass is 460 g/mol. The highest BCUT2D eigenvalue weighted by Crippen LogP contribution is 2.24. The summed E-state index contributed by atoms with van der Waals surface area (Å²) < 4.78 is 1.57. The Labute approximate surface area is 187 Å². The van der Waals surface area contributed by atoms with Crippen LogP contribution in [0.4, 0.5) is 0 Å². The lowest BCUT2D eigenvalue weighted by atomic mass is 10.1. The van der Waals surface area contributed by atoms with Crippen LogP contribution in [-0.4, -0.2) is 43.4 Å². The number of halogens is 2. The highest BCUT2D eigenvalue weighted by Gasteiger charge is 2.13. The van der Waals surface area contributed by atoms with Crippen molar-refractivity contribution in [3.05, 3.63) is 63.8 Å². The minimum Gasteiger partial charge on any atom is -0.361 e. The van der Waals surface area contributed by atoms with Gasteiger partial charge in [0.05, 0.1) is 11.4 Å². The number of nitrogens with zero attached hydrogens (tertiary/aromatic N) is 4. The molecule has 2 heterocycles. The fraction of sp³-hybridized carbons (Fsp3) is 0.200. The van der Waals surface area contributed by atoms with Gasteiger partial charge in [-0.25, -0.2) is 0 Å². The maximum atomic E-state index is 12.3. The molecule has 0 aliphatic rings. The summed E-state index contributed by atoms with van der Waals surface area (Å²) in [5, 5.41) is 17.6. The molecule has 154 valence electrons. The smallest absolute Gasteiger partial charge is 0.230 e. The van der Waals surface area contributed by atoms with E-state index < -0.39 is 0 Å². The minimum absolute atomic E-state index is 0.0886. The summed E-state index contributed by atoms with van der Waals surface area (Å²) in [7, 11) is 0. The van der Waals surface area contributed by atoms with Crippen LogP contribution in [-0.2, 0) is 11.2 Å². The van der Waals surface area contributed by atoms with Gasteiger partial charge in [0.2, 0.25) is 11.1 Å². The summed E-state index contributed by atoms with van der Waals surface area (Å²) in [6, 6.07) is 11.3. The van der Waals surface area contributed by atoms with Crippen molar-refractivity contribution in [3.63, 3.8) is 0 Å². The van der Waals surface area contributed by atoms with Crippen molar-refractivity contribution in [2.24, 2.45) is 0 Å². The molecule has 0 fully saturated rings. The van der Waals surface area contributed by atoms with Crippen molar-refractivity contribution in [1.29, 1.82) is 0 Å². The quantitative estimate of drug-likeness (QED) is 0.403. The van der Waals surface area contributed by atoms with Crippen LogP contribution in [0.1, 0.15) is 11.1 Å². The molecule has 2 aromatic carbocycles. The lowest BCUT2D eigenvalue weighted by molar-refractivity contribution is -0.118. The fourth-order valence-corrected chi connectivity index (χ4v) is 4.09. The van der Waals surface area contributed by atoms with Crippen molar-refractivity contribution in [2.75, 3.05) is 12.3 Å². The van der Waals surface area contributed by atoms with Gasteiger partial charge in [-0.3, -0.25) is 4.79 Å². The Hall–Kier alpha value is -2.55. The predicted molar refractivity (Wildman–Crippen MR) is 120 cm³/mol. The Bertz CT molecular complexity index is 1210. The Morgan fingerprint density at radius 1 is 1.23 bits per heavy atom. The highest BCUT2D eigenvalue weighted by molar-refractivity contribution is 7.99. The molecule has 0 spiro atoms. The van der Waals surface area contributed by atoms with Crippen molar-refractivity contribution in [1.82, 2.24) is 30.5 Å². The Balaban J connectivity index is 1.32. The van der Waals surface area contributed by atoms with Gasteiger partial charge in [0.25, 0.3) is 0 Å². The summed E-state index contributed by atoms with van der Waals surface area (Å²) in [5.74, 6) is 0.119. The van der Waals surface area contributed by atoms with Crippen LogP contribution in [0.5, 0.6) is 0 Å². The van der Waals surface area contributed by atoms with Crippen LogP contribution < -0.4 is 5.32 Å². The molecule has 30 heavy (non-hydrogen) atoms. The molecule has 0 saturated heterocycles. The number of fused-ring (bicyclic) bond motifs is 1. The molecule has 0 aliphatic carbocycles. The van der Waals surface area contributed by atoms with Crippen molar-refractivity contribution < 1.29 is 4.79 Å². The normalized spacial score (nSPS) is 11.2. The summed E-state index contributed by atoms with van der Waals surface area (Å²) in [5.41, 5.74) is 3.86. The van der Waals surface area contributed by atoms with Crippen LogP contribution in [0.3, 0.4) is 0 Å². The molecular weight excluding hydrogens is 443 g/mol. The lowest BCUT2D eigenvalue weighted by Gasteiger charge is -2.07. The van der Waals surface area contributed by atoms with Gasteiger partial charge in [0, 0.05) is 33.7 Å². The first-order chi connectivity index (χ1) is 14.5. The zero-order valence-electron chi connectivity index (χ0n) is 16.0. The van der Waals surface area contributed by atoms with Crippen LogP contribution >= 0.6 is 35.0 Å². The number of carbonyl (C=O) groups excluding carboxylic acids is 1. The second-order valence-corrected chi connectivity index (χ2v) is 8.49. The number of hydrogen-bond acceptors (Lipinski definition) is 5. The number of tetrazole rings is 1. The second-order valence-electron chi connectivity index (χ2n) is 6.70. The second kappa shape index (κ2) is 9.07. The molecular formula is C20H18Cl2N6OS. The van der Waals surface area contributed by atoms with Crippen LogP contribution in [0.25, 0.3) is 16.6 Å². The zero-order valence-corrected chi connectivity index (χ0v) is 18.4. The number of aryl methyl sites for hydroxylation is 1. The number of aromatic nitrogens is 5. The molecule has 7 nitrogen and oxygen atoms in total. The number of rotatable bonds is 7. The first kappa shape index (κ1) is 20.7. The van der Waals surface area contributed by atoms with E-state index in [-0.39, 0.29) is 11.7 Å². The number of benzene rings is 2. The summed E-state index contributed by atoms with van der Waals surface area (Å²) in [6.45, 7) is 2.45. The van der Waals surface area contributed by atoms with E-state index in [0.29, 0.717) is 28.2 Å². The molecule has 0 saturated carbocycles. The molecule has 0 bridgehead atoms. The third-order valence-electron chi connectivity index (χ3n) is 4.62. The maximum absolute atomic E-state index is 12.3. The van der Waals surface area contributed by atoms with E-state index in [0.717, 1.165) is 27.7 Å². The Kier molecular flexibility index (Phi) is 6.26. The summed E-state index contributed by atoms with van der Waals surface area (Å²) >= 11 is 13.5. The SMILES string of the molecule is Cc1ccc(-n2nnnc2SCC(=O)NCCc2c[nH]c3ccc(Cl)cc23)cc1Cl. The molecule has 2 N–H and O–H groups in total. The summed E-state index contributed by atoms with van der Waals surface area (Å²) in [6.07, 6.45) is 2.65. The standard InChI is InChI=1S/C20H18Cl2N6OS/c1-12-2-4-15(9-17(12)22)28-20(25-26-27-28)30-11-19(29)23-7-6-13-10-24-18-5-3-14(21)8-16(13)18/h2-5,8-10,24H,6-7,11H2,1H3,(H,23,29). The third kappa shape index (κ3) is 4.61. The van der Waals surface area contributed by atoms with E-state index in [4.69, 9.17) is 23.2 Å². The molecule has 0 radical (unpaired) electrons. The van der Waals surface area contributed by atoms with Gasteiger partial charge >= 0.3 is 0 Å². The maximum Gasteiger partial charge on any atom is 0.230 e. The number of hydrogen-bond donors (Lipinski definition) is 2. The zero-order chi connectivity index (χ0) is 21.1. The van der Waals surface area contributed by atoms with E-state index in [2.05, 4.69) is 25.8 Å². The first-order valence-electron chi connectivity index (χ1n) is 9.21. The molecule has 0 aliphatic heterocycles. The third-order valence-corrected chi connectivity index (χ3v) is 6.18. The van der Waals surface area contributed by atoms with Crippen molar-refractivity contribution >= 4 is 51.8 Å². The number of nitrogens with one attached hydrogen (secondary N) is 2. The van der Waals surface area contributed by atoms with Crippen LogP contribution in [0, 0.1) is 6.92 Å².